The summed E-state index contributed by atoms with van der Waals surface area (Å²) in [5.74, 6) is 1.28. The Kier molecular flexibility index (Phi) is 5.56. The number of amides is 1. The number of fused-ring (bicyclic) bond motifs is 1. The van der Waals surface area contributed by atoms with Crippen LogP contribution < -0.4 is 14.4 Å². The number of nitrogens with zero attached hydrogens (tertiary/aromatic N) is 1. The van der Waals surface area contributed by atoms with Gasteiger partial charge < -0.3 is 14.4 Å². The van der Waals surface area contributed by atoms with Crippen molar-refractivity contribution in [3.8, 4) is 11.5 Å². The molecule has 0 unspecified atom stereocenters. The standard InChI is InChI=1S/C21H23NO4/c1-3-25-18-8-10-19(11-9-18)26-14-21(24)22-12-4-5-16-6-7-17(15(2)23)13-20(16)22/h6-11,13H,3-5,12,14H2,1-2H3. The third-order valence-electron chi connectivity index (χ3n) is 4.41. The van der Waals surface area contributed by atoms with Gasteiger partial charge in [-0.25, -0.2) is 0 Å². The Bertz CT molecular complexity index is 798. The normalized spacial score (nSPS) is 13.1. The first-order chi connectivity index (χ1) is 12.6. The largest absolute Gasteiger partial charge is 0.494 e. The van der Waals surface area contributed by atoms with Crippen LogP contribution in [0.2, 0.25) is 0 Å². The minimum absolute atomic E-state index is 0.00332. The fourth-order valence-corrected chi connectivity index (χ4v) is 3.07. The van der Waals surface area contributed by atoms with Crippen LogP contribution in [-0.2, 0) is 11.2 Å². The predicted molar refractivity (Wildman–Crippen MR) is 100 cm³/mol. The van der Waals surface area contributed by atoms with E-state index in [-0.39, 0.29) is 18.3 Å². The molecule has 3 rings (SSSR count). The van der Waals surface area contributed by atoms with Gasteiger partial charge in [0.1, 0.15) is 11.5 Å². The van der Waals surface area contributed by atoms with Gasteiger partial charge in [0, 0.05) is 17.8 Å². The number of ketones is 1. The van der Waals surface area contributed by atoms with Gasteiger partial charge in [-0.1, -0.05) is 12.1 Å². The molecule has 0 radical (unpaired) electrons. The highest BCUT2D eigenvalue weighted by atomic mass is 16.5. The highest BCUT2D eigenvalue weighted by Crippen LogP contribution is 2.29. The fourth-order valence-electron chi connectivity index (χ4n) is 3.07. The van der Waals surface area contributed by atoms with E-state index in [1.54, 1.807) is 17.0 Å². The second-order valence-corrected chi connectivity index (χ2v) is 6.24. The number of anilines is 1. The maximum Gasteiger partial charge on any atom is 0.264 e. The van der Waals surface area contributed by atoms with Crippen LogP contribution in [0.3, 0.4) is 0 Å². The number of hydrogen-bond donors (Lipinski definition) is 0. The predicted octanol–water partition coefficient (Wildman–Crippen LogP) is 3.65. The minimum Gasteiger partial charge on any atom is -0.494 e. The average Bonchev–Trinajstić information content (AvgIpc) is 2.66. The molecule has 2 aromatic carbocycles. The van der Waals surface area contributed by atoms with Crippen LogP contribution in [-0.4, -0.2) is 31.4 Å². The molecule has 2 aromatic rings. The summed E-state index contributed by atoms with van der Waals surface area (Å²) in [6, 6.07) is 12.8. The molecule has 0 aliphatic carbocycles. The molecule has 1 aliphatic rings. The molecule has 5 heteroatoms. The highest BCUT2D eigenvalue weighted by molar-refractivity contribution is 5.99. The molecule has 0 atom stereocenters. The van der Waals surface area contributed by atoms with E-state index in [9.17, 15) is 9.59 Å². The van der Waals surface area contributed by atoms with E-state index in [1.807, 2.05) is 37.3 Å². The molecule has 0 N–H and O–H groups in total. The average molecular weight is 353 g/mol. The van der Waals surface area contributed by atoms with Crippen molar-refractivity contribution in [2.75, 3.05) is 24.7 Å². The summed E-state index contributed by atoms with van der Waals surface area (Å²) >= 11 is 0. The Labute approximate surface area is 153 Å². The van der Waals surface area contributed by atoms with Gasteiger partial charge in [0.25, 0.3) is 5.91 Å². The fraction of sp³-hybridized carbons (Fsp3) is 0.333. The summed E-state index contributed by atoms with van der Waals surface area (Å²) in [6.45, 7) is 4.66. The van der Waals surface area contributed by atoms with Crippen molar-refractivity contribution in [3.63, 3.8) is 0 Å². The van der Waals surface area contributed by atoms with Gasteiger partial charge in [0.2, 0.25) is 0 Å². The van der Waals surface area contributed by atoms with E-state index >= 15 is 0 Å². The number of hydrogen-bond acceptors (Lipinski definition) is 4. The van der Waals surface area contributed by atoms with Crippen molar-refractivity contribution in [1.82, 2.24) is 0 Å². The molecule has 1 heterocycles. The van der Waals surface area contributed by atoms with Crippen molar-refractivity contribution in [1.29, 1.82) is 0 Å². The summed E-state index contributed by atoms with van der Waals surface area (Å²) in [5.41, 5.74) is 2.54. The van der Waals surface area contributed by atoms with Crippen LogP contribution in [0, 0.1) is 0 Å². The molecule has 0 spiro atoms. The zero-order valence-corrected chi connectivity index (χ0v) is 15.2. The molecule has 5 nitrogen and oxygen atoms in total. The zero-order valence-electron chi connectivity index (χ0n) is 15.2. The van der Waals surface area contributed by atoms with Crippen LogP contribution in [0.4, 0.5) is 5.69 Å². The second-order valence-electron chi connectivity index (χ2n) is 6.24. The molecule has 0 fully saturated rings. The molecule has 0 saturated carbocycles. The lowest BCUT2D eigenvalue weighted by Gasteiger charge is -2.30. The van der Waals surface area contributed by atoms with Crippen molar-refractivity contribution in [2.45, 2.75) is 26.7 Å². The van der Waals surface area contributed by atoms with Gasteiger partial charge in [-0.3, -0.25) is 9.59 Å². The lowest BCUT2D eigenvalue weighted by Crippen LogP contribution is -2.38. The van der Waals surface area contributed by atoms with Gasteiger partial charge in [-0.15, -0.1) is 0 Å². The van der Waals surface area contributed by atoms with Crippen LogP contribution in [0.5, 0.6) is 11.5 Å². The van der Waals surface area contributed by atoms with Crippen molar-refractivity contribution in [3.05, 3.63) is 53.6 Å². The van der Waals surface area contributed by atoms with Gasteiger partial charge >= 0.3 is 0 Å². The number of rotatable bonds is 6. The van der Waals surface area contributed by atoms with Crippen LogP contribution in [0.15, 0.2) is 42.5 Å². The molecular formula is C21H23NO4. The number of aryl methyl sites for hydroxylation is 1. The van der Waals surface area contributed by atoms with Crippen LogP contribution in [0.1, 0.15) is 36.2 Å². The monoisotopic (exact) mass is 353 g/mol. The Hall–Kier alpha value is -2.82. The molecule has 0 bridgehead atoms. The minimum atomic E-state index is -0.111. The number of carbonyl (C=O) groups is 2. The molecule has 136 valence electrons. The first-order valence-electron chi connectivity index (χ1n) is 8.88. The molecule has 1 aliphatic heterocycles. The topological polar surface area (TPSA) is 55.8 Å². The highest BCUT2D eigenvalue weighted by Gasteiger charge is 2.23. The van der Waals surface area contributed by atoms with Gasteiger partial charge in [0.15, 0.2) is 12.4 Å². The maximum atomic E-state index is 12.7. The number of benzene rings is 2. The van der Waals surface area contributed by atoms with Crippen molar-refractivity contribution >= 4 is 17.4 Å². The smallest absolute Gasteiger partial charge is 0.264 e. The Morgan fingerprint density at radius 1 is 1.04 bits per heavy atom. The van der Waals surface area contributed by atoms with E-state index in [4.69, 9.17) is 9.47 Å². The van der Waals surface area contributed by atoms with Gasteiger partial charge in [-0.2, -0.15) is 0 Å². The van der Waals surface area contributed by atoms with E-state index < -0.39 is 0 Å². The molecule has 26 heavy (non-hydrogen) atoms. The lowest BCUT2D eigenvalue weighted by atomic mass is 9.98. The first-order valence-corrected chi connectivity index (χ1v) is 8.88. The summed E-state index contributed by atoms with van der Waals surface area (Å²) in [5, 5.41) is 0. The van der Waals surface area contributed by atoms with Crippen LogP contribution in [0.25, 0.3) is 0 Å². The molecule has 0 saturated heterocycles. The second kappa shape index (κ2) is 8.04. The van der Waals surface area contributed by atoms with Crippen molar-refractivity contribution < 1.29 is 19.1 Å². The summed E-state index contributed by atoms with van der Waals surface area (Å²) in [7, 11) is 0. The lowest BCUT2D eigenvalue weighted by molar-refractivity contribution is -0.120. The Morgan fingerprint density at radius 3 is 2.38 bits per heavy atom. The molecular weight excluding hydrogens is 330 g/mol. The number of carbonyl (C=O) groups excluding carboxylic acids is 2. The summed E-state index contributed by atoms with van der Waals surface area (Å²) < 4.78 is 11.0. The third-order valence-corrected chi connectivity index (χ3v) is 4.41. The van der Waals surface area contributed by atoms with Gasteiger partial charge in [0.05, 0.1) is 6.61 Å². The van der Waals surface area contributed by atoms with Crippen molar-refractivity contribution in [2.24, 2.45) is 0 Å². The van der Waals surface area contributed by atoms with E-state index in [0.717, 1.165) is 29.8 Å². The summed E-state index contributed by atoms with van der Waals surface area (Å²) in [6.07, 6.45) is 1.82. The van der Waals surface area contributed by atoms with E-state index in [0.29, 0.717) is 24.5 Å². The first kappa shape index (κ1) is 18.0. The SMILES string of the molecule is CCOc1ccc(OCC(=O)N2CCCc3ccc(C(C)=O)cc32)cc1. The quantitative estimate of drug-likeness (QED) is 0.744. The van der Waals surface area contributed by atoms with Crippen LogP contribution >= 0.6 is 0 Å². The zero-order chi connectivity index (χ0) is 18.5. The third kappa shape index (κ3) is 4.04. The molecule has 1 amide bonds. The maximum absolute atomic E-state index is 12.7. The molecule has 0 aromatic heterocycles. The Morgan fingerprint density at radius 2 is 1.73 bits per heavy atom. The number of Topliss-reactive ketones (excluding diaryl/α,β-unsaturated/α-hetero) is 1. The number of ether oxygens (including phenoxy) is 2. The Balaban J connectivity index is 1.69. The van der Waals surface area contributed by atoms with E-state index in [2.05, 4.69) is 0 Å². The van der Waals surface area contributed by atoms with Gasteiger partial charge in [-0.05, 0) is 62.6 Å². The summed E-state index contributed by atoms with van der Waals surface area (Å²) in [4.78, 5) is 26.1. The van der Waals surface area contributed by atoms with E-state index in [1.165, 1.54) is 6.92 Å².